The summed E-state index contributed by atoms with van der Waals surface area (Å²) < 4.78 is 0. The van der Waals surface area contributed by atoms with Gasteiger partial charge in [-0.3, -0.25) is 0 Å². The van der Waals surface area contributed by atoms with Gasteiger partial charge in [-0.05, 0) is 6.92 Å². The van der Waals surface area contributed by atoms with Crippen LogP contribution in [0.1, 0.15) is 13.3 Å². The van der Waals surface area contributed by atoms with Gasteiger partial charge in [0, 0.05) is 6.42 Å². The minimum Gasteiger partial charge on any atom is -0.392 e. The van der Waals surface area contributed by atoms with E-state index in [1.165, 1.54) is 0 Å². The van der Waals surface area contributed by atoms with Crippen molar-refractivity contribution in [2.75, 3.05) is 6.61 Å². The van der Waals surface area contributed by atoms with Crippen LogP contribution in [0.2, 0.25) is 0 Å². The fourth-order valence-corrected chi connectivity index (χ4v) is 0.319. The molecule has 0 heterocycles. The third-order valence-electron chi connectivity index (χ3n) is 0.669. The van der Waals surface area contributed by atoms with Gasteiger partial charge in [-0.2, -0.15) is 0 Å². The molecule has 0 atom stereocenters. The first-order valence-corrected chi connectivity index (χ1v) is 2.57. The molecule has 44 valence electrons. The van der Waals surface area contributed by atoms with Crippen molar-refractivity contribution in [3.63, 3.8) is 0 Å². The first-order chi connectivity index (χ1) is 3.91. The lowest BCUT2D eigenvalue weighted by Crippen LogP contribution is -1.68. The third kappa shape index (κ3) is 5.26. The van der Waals surface area contributed by atoms with E-state index in [0.29, 0.717) is 0 Å². The lowest BCUT2D eigenvalue weighted by molar-refractivity contribution is 0.342. The lowest BCUT2D eigenvalue weighted by Gasteiger charge is -1.74. The van der Waals surface area contributed by atoms with E-state index in [2.05, 4.69) is 11.8 Å². The Morgan fingerprint density at radius 1 is 1.50 bits per heavy atom. The van der Waals surface area contributed by atoms with Crippen molar-refractivity contribution in [1.82, 2.24) is 0 Å². The van der Waals surface area contributed by atoms with Crippen LogP contribution in [-0.4, -0.2) is 11.7 Å². The molecule has 0 aromatic rings. The summed E-state index contributed by atoms with van der Waals surface area (Å²) >= 11 is 0. The number of aliphatic hydroxyl groups is 1. The average Bonchev–Trinajstić information content (AvgIpc) is 1.81. The molecule has 0 amide bonds. The molecule has 1 nitrogen and oxygen atoms in total. The quantitative estimate of drug-likeness (QED) is 0.414. The Morgan fingerprint density at radius 2 is 2.25 bits per heavy atom. The highest BCUT2D eigenvalue weighted by Crippen LogP contribution is 1.77. The van der Waals surface area contributed by atoms with Crippen LogP contribution in [0, 0.1) is 11.8 Å². The van der Waals surface area contributed by atoms with Crippen molar-refractivity contribution >= 4 is 0 Å². The van der Waals surface area contributed by atoms with E-state index in [0.717, 1.165) is 6.42 Å². The van der Waals surface area contributed by atoms with Crippen LogP contribution in [0.15, 0.2) is 12.2 Å². The van der Waals surface area contributed by atoms with Crippen LogP contribution >= 0.6 is 0 Å². The number of allylic oxidation sites excluding steroid dienone is 1. The molecule has 0 bridgehead atoms. The van der Waals surface area contributed by atoms with Crippen molar-refractivity contribution in [2.24, 2.45) is 0 Å². The van der Waals surface area contributed by atoms with Crippen molar-refractivity contribution < 1.29 is 5.11 Å². The summed E-state index contributed by atoms with van der Waals surface area (Å²) in [5.41, 5.74) is 0. The number of hydrogen-bond acceptors (Lipinski definition) is 1. The first-order valence-electron chi connectivity index (χ1n) is 2.57. The third-order valence-corrected chi connectivity index (χ3v) is 0.669. The lowest BCUT2D eigenvalue weighted by atomic mass is 10.4. The summed E-state index contributed by atoms with van der Waals surface area (Å²) in [4.78, 5) is 0. The highest BCUT2D eigenvalue weighted by Gasteiger charge is 1.65. The largest absolute Gasteiger partial charge is 0.392 e. The molecule has 0 saturated heterocycles. The number of aliphatic hydroxyl groups excluding tert-OH is 1. The predicted molar refractivity (Wildman–Crippen MR) is 34.3 cm³/mol. The Bertz CT molecular complexity index is 114. The van der Waals surface area contributed by atoms with Gasteiger partial charge < -0.3 is 5.11 Å². The first kappa shape index (κ1) is 7.26. The van der Waals surface area contributed by atoms with Gasteiger partial charge in [0.15, 0.2) is 0 Å². The molecule has 0 rings (SSSR count). The molecule has 1 heteroatoms. The van der Waals surface area contributed by atoms with Crippen molar-refractivity contribution in [1.29, 1.82) is 0 Å². The molecular formula is C7H10O. The normalized spacial score (nSPS) is 8.75. The molecular weight excluding hydrogens is 100 g/mol. The van der Waals surface area contributed by atoms with E-state index in [9.17, 15) is 0 Å². The van der Waals surface area contributed by atoms with E-state index in [-0.39, 0.29) is 6.61 Å². The summed E-state index contributed by atoms with van der Waals surface area (Å²) in [5.74, 6) is 5.58. The maximum Gasteiger partial charge on any atom is 0.0612 e. The Kier molecular flexibility index (Phi) is 5.68. The van der Waals surface area contributed by atoms with E-state index in [1.807, 2.05) is 6.08 Å². The SMILES string of the molecule is CC#CCC=CCO. The van der Waals surface area contributed by atoms with Gasteiger partial charge in [-0.15, -0.1) is 5.92 Å². The second kappa shape index (κ2) is 6.26. The smallest absolute Gasteiger partial charge is 0.0612 e. The maximum atomic E-state index is 8.23. The number of rotatable bonds is 2. The predicted octanol–water partition coefficient (Wildman–Crippen LogP) is 0.948. The van der Waals surface area contributed by atoms with E-state index in [1.54, 1.807) is 13.0 Å². The van der Waals surface area contributed by atoms with Gasteiger partial charge in [0.25, 0.3) is 0 Å². The van der Waals surface area contributed by atoms with Crippen LogP contribution in [-0.2, 0) is 0 Å². The fraction of sp³-hybridized carbons (Fsp3) is 0.429. The maximum absolute atomic E-state index is 8.23. The van der Waals surface area contributed by atoms with Gasteiger partial charge in [0.1, 0.15) is 0 Å². The van der Waals surface area contributed by atoms with Crippen molar-refractivity contribution in [3.05, 3.63) is 12.2 Å². The summed E-state index contributed by atoms with van der Waals surface area (Å²) in [7, 11) is 0. The van der Waals surface area contributed by atoms with Crippen molar-refractivity contribution in [2.45, 2.75) is 13.3 Å². The standard InChI is InChI=1S/C7H10O/c1-2-3-4-5-6-7-8/h5-6,8H,4,7H2,1H3. The van der Waals surface area contributed by atoms with Crippen LogP contribution in [0.25, 0.3) is 0 Å². The minimum atomic E-state index is 0.116. The van der Waals surface area contributed by atoms with Gasteiger partial charge in [0.05, 0.1) is 6.61 Å². The summed E-state index contributed by atoms with van der Waals surface area (Å²) in [6.07, 6.45) is 4.28. The van der Waals surface area contributed by atoms with Gasteiger partial charge in [0.2, 0.25) is 0 Å². The van der Waals surface area contributed by atoms with Crippen molar-refractivity contribution in [3.8, 4) is 11.8 Å². The molecule has 0 aromatic carbocycles. The van der Waals surface area contributed by atoms with E-state index in [4.69, 9.17) is 5.11 Å². The minimum absolute atomic E-state index is 0.116. The molecule has 0 spiro atoms. The molecule has 0 aliphatic rings. The Hall–Kier alpha value is -0.740. The zero-order chi connectivity index (χ0) is 6.24. The highest BCUT2D eigenvalue weighted by molar-refractivity contribution is 5.01. The Morgan fingerprint density at radius 3 is 2.75 bits per heavy atom. The second-order valence-corrected chi connectivity index (χ2v) is 1.28. The van der Waals surface area contributed by atoms with E-state index >= 15 is 0 Å². The molecule has 0 radical (unpaired) electrons. The molecule has 0 fully saturated rings. The monoisotopic (exact) mass is 110 g/mol. The molecule has 8 heavy (non-hydrogen) atoms. The molecule has 1 N–H and O–H groups in total. The second-order valence-electron chi connectivity index (χ2n) is 1.28. The molecule has 0 aromatic heterocycles. The van der Waals surface area contributed by atoms with Gasteiger partial charge in [-0.1, -0.05) is 18.1 Å². The zero-order valence-electron chi connectivity index (χ0n) is 5.02. The fourth-order valence-electron chi connectivity index (χ4n) is 0.319. The Labute approximate surface area is 50.0 Å². The number of hydrogen-bond donors (Lipinski definition) is 1. The molecule has 0 aliphatic heterocycles. The summed E-state index contributed by atoms with van der Waals surface area (Å²) in [5, 5.41) is 8.23. The van der Waals surface area contributed by atoms with Crippen LogP contribution in [0.4, 0.5) is 0 Å². The van der Waals surface area contributed by atoms with Gasteiger partial charge >= 0.3 is 0 Å². The Balaban J connectivity index is 3.12. The van der Waals surface area contributed by atoms with E-state index < -0.39 is 0 Å². The van der Waals surface area contributed by atoms with Crippen LogP contribution in [0.5, 0.6) is 0 Å². The zero-order valence-corrected chi connectivity index (χ0v) is 5.02. The average molecular weight is 110 g/mol. The molecule has 0 unspecified atom stereocenters. The molecule has 0 saturated carbocycles. The van der Waals surface area contributed by atoms with Crippen LogP contribution in [0.3, 0.4) is 0 Å². The summed E-state index contributed by atoms with van der Waals surface area (Å²) in [6.45, 7) is 1.91. The van der Waals surface area contributed by atoms with Gasteiger partial charge in [-0.25, -0.2) is 0 Å². The molecule has 0 aliphatic carbocycles. The van der Waals surface area contributed by atoms with Crippen LogP contribution < -0.4 is 0 Å². The summed E-state index contributed by atoms with van der Waals surface area (Å²) in [6, 6.07) is 0. The topological polar surface area (TPSA) is 20.2 Å². The highest BCUT2D eigenvalue weighted by atomic mass is 16.2.